The van der Waals surface area contributed by atoms with Crippen molar-refractivity contribution in [3.63, 3.8) is 0 Å². The Morgan fingerprint density at radius 2 is 2.12 bits per heavy atom. The third-order valence-electron chi connectivity index (χ3n) is 3.87. The molecule has 0 bridgehead atoms. The molecule has 0 fully saturated rings. The van der Waals surface area contributed by atoms with Gasteiger partial charge >= 0.3 is 0 Å². The highest BCUT2D eigenvalue weighted by atomic mass is 32.1. The number of methoxy groups -OCH3 is 1. The number of hydrogen-bond acceptors (Lipinski definition) is 5. The van der Waals surface area contributed by atoms with E-state index >= 15 is 0 Å². The van der Waals surface area contributed by atoms with Gasteiger partial charge in [0, 0.05) is 18.2 Å². The van der Waals surface area contributed by atoms with E-state index in [4.69, 9.17) is 9.26 Å². The lowest BCUT2D eigenvalue weighted by molar-refractivity contribution is 0.0723. The molecule has 0 aliphatic heterocycles. The molecule has 2 aromatic heterocycles. The van der Waals surface area contributed by atoms with Gasteiger partial charge in [0.05, 0.1) is 18.5 Å². The predicted octanol–water partition coefficient (Wildman–Crippen LogP) is 4.71. The van der Waals surface area contributed by atoms with Gasteiger partial charge in [-0.15, -0.1) is 11.3 Å². The highest BCUT2D eigenvalue weighted by Crippen LogP contribution is 2.25. The quantitative estimate of drug-likeness (QED) is 0.604. The fraction of sp³-hybridized carbons (Fsp3) is 0.300. The van der Waals surface area contributed by atoms with Crippen LogP contribution in [0.2, 0.25) is 0 Å². The van der Waals surface area contributed by atoms with E-state index in [2.05, 4.69) is 19.0 Å². The van der Waals surface area contributed by atoms with Crippen LogP contribution in [0.4, 0.5) is 0 Å². The molecule has 0 spiro atoms. The molecule has 0 atom stereocenters. The minimum Gasteiger partial charge on any atom is -0.497 e. The first-order valence-corrected chi connectivity index (χ1v) is 9.37. The maximum absolute atomic E-state index is 12.8. The largest absolute Gasteiger partial charge is 0.497 e. The molecule has 0 aliphatic rings. The summed E-state index contributed by atoms with van der Waals surface area (Å²) < 4.78 is 10.7. The van der Waals surface area contributed by atoms with Crippen molar-refractivity contribution >= 4 is 17.2 Å². The van der Waals surface area contributed by atoms with Crippen molar-refractivity contribution in [3.8, 4) is 17.1 Å². The summed E-state index contributed by atoms with van der Waals surface area (Å²) in [5.74, 6) is 1.81. The summed E-state index contributed by atoms with van der Waals surface area (Å²) in [6.07, 6.45) is 0. The van der Waals surface area contributed by atoms with Crippen molar-refractivity contribution < 1.29 is 14.1 Å². The summed E-state index contributed by atoms with van der Waals surface area (Å²) in [6, 6.07) is 13.2. The van der Waals surface area contributed by atoms with Crippen LogP contribution in [0.1, 0.15) is 29.2 Å². The molecule has 0 saturated carbocycles. The number of thiophene rings is 1. The zero-order valence-corrected chi connectivity index (χ0v) is 16.0. The van der Waals surface area contributed by atoms with Gasteiger partial charge in [-0.25, -0.2) is 0 Å². The van der Waals surface area contributed by atoms with Crippen molar-refractivity contribution in [3.05, 3.63) is 58.4 Å². The summed E-state index contributed by atoms with van der Waals surface area (Å²) in [5.41, 5.74) is 1.62. The maximum atomic E-state index is 12.8. The number of rotatable bonds is 7. The highest BCUT2D eigenvalue weighted by molar-refractivity contribution is 7.12. The van der Waals surface area contributed by atoms with Crippen LogP contribution in [0.25, 0.3) is 11.3 Å². The van der Waals surface area contributed by atoms with Gasteiger partial charge in [-0.1, -0.05) is 37.2 Å². The van der Waals surface area contributed by atoms with E-state index in [1.807, 2.05) is 52.7 Å². The molecular weight excluding hydrogens is 348 g/mol. The molecule has 6 heteroatoms. The summed E-state index contributed by atoms with van der Waals surface area (Å²) >= 11 is 1.45. The average molecular weight is 370 g/mol. The number of hydrogen-bond donors (Lipinski definition) is 0. The molecule has 0 unspecified atom stereocenters. The van der Waals surface area contributed by atoms with E-state index in [9.17, 15) is 4.79 Å². The minimum absolute atomic E-state index is 0.0274. The van der Waals surface area contributed by atoms with Gasteiger partial charge in [0.2, 0.25) is 0 Å². The molecule has 3 rings (SSSR count). The van der Waals surface area contributed by atoms with Crippen LogP contribution in [0.3, 0.4) is 0 Å². The summed E-state index contributed by atoms with van der Waals surface area (Å²) in [7, 11) is 1.63. The zero-order chi connectivity index (χ0) is 18.5. The van der Waals surface area contributed by atoms with E-state index in [0.29, 0.717) is 24.8 Å². The number of ether oxygens (including phenoxy) is 1. The normalized spacial score (nSPS) is 10.9. The minimum atomic E-state index is 0.0274. The number of amides is 1. The van der Waals surface area contributed by atoms with E-state index in [-0.39, 0.29) is 5.91 Å². The molecule has 1 aromatic carbocycles. The number of benzene rings is 1. The smallest absolute Gasteiger partial charge is 0.264 e. The summed E-state index contributed by atoms with van der Waals surface area (Å²) in [6.45, 7) is 5.28. The molecule has 26 heavy (non-hydrogen) atoms. The second-order valence-corrected chi connectivity index (χ2v) is 7.42. The Bertz CT molecular complexity index is 856. The first-order chi connectivity index (χ1) is 12.6. The third-order valence-corrected chi connectivity index (χ3v) is 4.73. The number of carbonyl (C=O) groups excluding carboxylic acids is 1. The van der Waals surface area contributed by atoms with Crippen LogP contribution in [0.5, 0.6) is 5.75 Å². The third kappa shape index (κ3) is 4.32. The van der Waals surface area contributed by atoms with Gasteiger partial charge in [0.25, 0.3) is 5.91 Å². The van der Waals surface area contributed by atoms with Crippen LogP contribution in [-0.4, -0.2) is 29.6 Å². The zero-order valence-electron chi connectivity index (χ0n) is 15.1. The van der Waals surface area contributed by atoms with E-state index in [0.717, 1.165) is 21.9 Å². The number of aromatic nitrogens is 1. The predicted molar refractivity (Wildman–Crippen MR) is 102 cm³/mol. The monoisotopic (exact) mass is 370 g/mol. The second kappa shape index (κ2) is 8.19. The van der Waals surface area contributed by atoms with Crippen molar-refractivity contribution in [1.29, 1.82) is 0 Å². The topological polar surface area (TPSA) is 55.6 Å². The van der Waals surface area contributed by atoms with Gasteiger partial charge in [0.15, 0.2) is 5.76 Å². The van der Waals surface area contributed by atoms with Crippen LogP contribution in [0, 0.1) is 5.92 Å². The van der Waals surface area contributed by atoms with Crippen molar-refractivity contribution in [2.24, 2.45) is 5.92 Å². The molecule has 3 aromatic rings. The second-order valence-electron chi connectivity index (χ2n) is 6.47. The standard InChI is InChI=1S/C20H22N2O3S/c1-14(2)12-22(20(23)19-8-5-9-26-19)13-16-11-18(25-21-16)15-6-4-7-17(10-15)24-3/h4-11,14H,12-13H2,1-3H3. The number of nitrogens with zero attached hydrogens (tertiary/aromatic N) is 2. The lowest BCUT2D eigenvalue weighted by atomic mass is 10.1. The molecule has 0 N–H and O–H groups in total. The van der Waals surface area contributed by atoms with E-state index in [1.165, 1.54) is 11.3 Å². The molecule has 2 heterocycles. The van der Waals surface area contributed by atoms with Gasteiger partial charge in [-0.3, -0.25) is 4.79 Å². The highest BCUT2D eigenvalue weighted by Gasteiger charge is 2.20. The Kier molecular flexibility index (Phi) is 5.73. The van der Waals surface area contributed by atoms with Gasteiger partial charge in [-0.2, -0.15) is 0 Å². The number of carbonyl (C=O) groups is 1. The maximum Gasteiger partial charge on any atom is 0.264 e. The van der Waals surface area contributed by atoms with Crippen molar-refractivity contribution in [2.75, 3.05) is 13.7 Å². The Labute approximate surface area is 157 Å². The summed E-state index contributed by atoms with van der Waals surface area (Å²) in [4.78, 5) is 15.3. The first-order valence-electron chi connectivity index (χ1n) is 8.49. The molecule has 0 aliphatic carbocycles. The molecule has 0 saturated heterocycles. The van der Waals surface area contributed by atoms with Crippen LogP contribution < -0.4 is 4.74 Å². The molecule has 1 amide bonds. The lowest BCUT2D eigenvalue weighted by Crippen LogP contribution is -2.33. The molecule has 136 valence electrons. The van der Waals surface area contributed by atoms with Crippen molar-refractivity contribution in [1.82, 2.24) is 10.1 Å². The Balaban J connectivity index is 1.79. The van der Waals surface area contributed by atoms with Crippen molar-refractivity contribution in [2.45, 2.75) is 20.4 Å². The van der Waals surface area contributed by atoms with Gasteiger partial charge < -0.3 is 14.2 Å². The molecule has 0 radical (unpaired) electrons. The Hall–Kier alpha value is -2.60. The first kappa shape index (κ1) is 18.2. The van der Waals surface area contributed by atoms with E-state index in [1.54, 1.807) is 7.11 Å². The van der Waals surface area contributed by atoms with Crippen LogP contribution in [-0.2, 0) is 6.54 Å². The summed E-state index contributed by atoms with van der Waals surface area (Å²) in [5, 5.41) is 6.07. The molecular formula is C20H22N2O3S. The Morgan fingerprint density at radius 1 is 1.27 bits per heavy atom. The fourth-order valence-corrected chi connectivity index (χ4v) is 3.40. The van der Waals surface area contributed by atoms with Crippen LogP contribution in [0.15, 0.2) is 52.4 Å². The molecule has 5 nitrogen and oxygen atoms in total. The van der Waals surface area contributed by atoms with Gasteiger partial charge in [-0.05, 0) is 29.5 Å². The average Bonchev–Trinajstić information content (AvgIpc) is 3.32. The lowest BCUT2D eigenvalue weighted by Gasteiger charge is -2.23. The van der Waals surface area contributed by atoms with Gasteiger partial charge in [0.1, 0.15) is 11.4 Å². The van der Waals surface area contributed by atoms with Crippen LogP contribution >= 0.6 is 11.3 Å². The fourth-order valence-electron chi connectivity index (χ4n) is 2.71. The van der Waals surface area contributed by atoms with E-state index < -0.39 is 0 Å². The SMILES string of the molecule is COc1cccc(-c2cc(CN(CC(C)C)C(=O)c3cccs3)no2)c1. The Morgan fingerprint density at radius 3 is 2.81 bits per heavy atom.